The Hall–Kier alpha value is -2.57. The maximum atomic E-state index is 13.6. The van der Waals surface area contributed by atoms with Crippen molar-refractivity contribution >= 4 is 39.5 Å². The van der Waals surface area contributed by atoms with Crippen molar-refractivity contribution < 1.29 is 9.59 Å². The number of nitrogens with one attached hydrogen (secondary N) is 1. The number of carbonyl (C=O) groups excluding carboxylic acids is 2. The third kappa shape index (κ3) is 8.86. The number of aryl methyl sites for hydroxylation is 1. The number of amides is 2. The molecule has 0 heterocycles. The first-order valence-electron chi connectivity index (χ1n) is 11.8. The highest BCUT2D eigenvalue weighted by atomic mass is 79.9. The molecular weight excluding hydrogens is 520 g/mol. The van der Waals surface area contributed by atoms with Crippen molar-refractivity contribution in [2.24, 2.45) is 0 Å². The van der Waals surface area contributed by atoms with Crippen LogP contribution in [0, 0.1) is 6.92 Å². The highest BCUT2D eigenvalue weighted by Gasteiger charge is 2.30. The topological polar surface area (TPSA) is 49.4 Å². The number of halogens is 1. The van der Waals surface area contributed by atoms with Gasteiger partial charge in [-0.05, 0) is 49.6 Å². The van der Waals surface area contributed by atoms with Gasteiger partial charge in [0.1, 0.15) is 6.04 Å². The quantitative estimate of drug-likeness (QED) is 0.310. The Morgan fingerprint density at radius 3 is 2.26 bits per heavy atom. The predicted molar refractivity (Wildman–Crippen MR) is 149 cm³/mol. The lowest BCUT2D eigenvalue weighted by atomic mass is 10.0. The Bertz CT molecular complexity index is 1100. The summed E-state index contributed by atoms with van der Waals surface area (Å²) in [6.45, 7) is 6.32. The Balaban J connectivity index is 1.84. The fraction of sp³-hybridized carbons (Fsp3) is 0.310. The monoisotopic (exact) mass is 552 g/mol. The van der Waals surface area contributed by atoms with E-state index in [1.165, 1.54) is 0 Å². The van der Waals surface area contributed by atoms with Gasteiger partial charge >= 0.3 is 0 Å². The Morgan fingerprint density at radius 1 is 0.914 bits per heavy atom. The highest BCUT2D eigenvalue weighted by molar-refractivity contribution is 9.10. The maximum Gasteiger partial charge on any atom is 0.243 e. The second-order valence-electron chi connectivity index (χ2n) is 9.00. The molecule has 184 valence electrons. The Morgan fingerprint density at radius 2 is 1.60 bits per heavy atom. The molecular formula is C29H33BrN2O2S. The zero-order chi connectivity index (χ0) is 25.2. The van der Waals surface area contributed by atoms with Crippen LogP contribution in [0.2, 0.25) is 0 Å². The second kappa shape index (κ2) is 13.5. The molecule has 0 aliphatic heterocycles. The first-order chi connectivity index (χ1) is 16.8. The van der Waals surface area contributed by atoms with Crippen LogP contribution in [0.1, 0.15) is 36.1 Å². The van der Waals surface area contributed by atoms with Gasteiger partial charge in [-0.3, -0.25) is 9.59 Å². The first-order valence-corrected chi connectivity index (χ1v) is 13.8. The van der Waals surface area contributed by atoms with Crippen molar-refractivity contribution in [3.05, 3.63) is 106 Å². The zero-order valence-electron chi connectivity index (χ0n) is 20.5. The van der Waals surface area contributed by atoms with Gasteiger partial charge in [-0.2, -0.15) is 0 Å². The summed E-state index contributed by atoms with van der Waals surface area (Å²) in [7, 11) is 0. The number of thioether (sulfide) groups is 1. The van der Waals surface area contributed by atoms with Crippen molar-refractivity contribution in [3.63, 3.8) is 0 Å². The van der Waals surface area contributed by atoms with Crippen LogP contribution >= 0.6 is 27.7 Å². The first kappa shape index (κ1) is 27.0. The van der Waals surface area contributed by atoms with Gasteiger partial charge in [0.15, 0.2) is 0 Å². The van der Waals surface area contributed by atoms with Gasteiger partial charge in [0.05, 0.1) is 5.75 Å². The molecule has 1 atom stereocenters. The van der Waals surface area contributed by atoms with Crippen LogP contribution in [-0.4, -0.2) is 34.6 Å². The van der Waals surface area contributed by atoms with E-state index in [9.17, 15) is 9.59 Å². The van der Waals surface area contributed by atoms with E-state index in [2.05, 4.69) is 39.4 Å². The van der Waals surface area contributed by atoms with E-state index >= 15 is 0 Å². The largest absolute Gasteiger partial charge is 0.352 e. The summed E-state index contributed by atoms with van der Waals surface area (Å²) < 4.78 is 1.03. The van der Waals surface area contributed by atoms with Gasteiger partial charge in [0, 0.05) is 29.2 Å². The molecule has 0 saturated carbocycles. The van der Waals surface area contributed by atoms with Gasteiger partial charge in [-0.25, -0.2) is 0 Å². The number of nitrogens with zero attached hydrogens (tertiary/aromatic N) is 1. The summed E-state index contributed by atoms with van der Waals surface area (Å²) in [5.41, 5.74) is 4.34. The molecule has 35 heavy (non-hydrogen) atoms. The minimum atomic E-state index is -0.596. The summed E-state index contributed by atoms with van der Waals surface area (Å²) >= 11 is 5.03. The van der Waals surface area contributed by atoms with Gasteiger partial charge < -0.3 is 10.2 Å². The maximum absolute atomic E-state index is 13.6. The molecule has 0 aromatic heterocycles. The summed E-state index contributed by atoms with van der Waals surface area (Å²) in [5.74, 6) is 0.886. The number of rotatable bonds is 11. The highest BCUT2D eigenvalue weighted by Crippen LogP contribution is 2.20. The van der Waals surface area contributed by atoms with E-state index < -0.39 is 6.04 Å². The zero-order valence-corrected chi connectivity index (χ0v) is 22.9. The molecule has 0 aliphatic carbocycles. The average molecular weight is 554 g/mol. The van der Waals surface area contributed by atoms with Crippen LogP contribution in [0.4, 0.5) is 0 Å². The van der Waals surface area contributed by atoms with Gasteiger partial charge in [-0.1, -0.05) is 88.2 Å². The molecule has 1 N–H and O–H groups in total. The molecule has 0 unspecified atom stereocenters. The van der Waals surface area contributed by atoms with Crippen molar-refractivity contribution in [2.75, 3.05) is 5.75 Å². The summed E-state index contributed by atoms with van der Waals surface area (Å²) in [6.07, 6.45) is 0.467. The van der Waals surface area contributed by atoms with Crippen LogP contribution in [0.15, 0.2) is 83.3 Å². The number of hydrogen-bond donors (Lipinski definition) is 1. The fourth-order valence-electron chi connectivity index (χ4n) is 3.86. The van der Waals surface area contributed by atoms with E-state index in [-0.39, 0.29) is 17.9 Å². The predicted octanol–water partition coefficient (Wildman–Crippen LogP) is 6.16. The van der Waals surface area contributed by atoms with E-state index in [0.29, 0.717) is 18.7 Å². The van der Waals surface area contributed by atoms with Crippen molar-refractivity contribution in [3.8, 4) is 0 Å². The molecule has 3 aromatic carbocycles. The molecule has 3 aromatic rings. The molecule has 0 saturated heterocycles. The SMILES string of the molecule is Cc1cccc(CN(C(=O)CSCc2ccc(Br)cc2)[C@@H](Cc2ccccc2)C(=O)NC(C)C)c1. The Kier molecular flexibility index (Phi) is 10.4. The van der Waals surface area contributed by atoms with E-state index in [1.807, 2.05) is 81.4 Å². The minimum Gasteiger partial charge on any atom is -0.352 e. The van der Waals surface area contributed by atoms with E-state index in [1.54, 1.807) is 16.7 Å². The van der Waals surface area contributed by atoms with Crippen molar-refractivity contribution in [1.82, 2.24) is 10.2 Å². The molecule has 0 spiro atoms. The minimum absolute atomic E-state index is 0.0107. The Labute approximate surface area is 221 Å². The summed E-state index contributed by atoms with van der Waals surface area (Å²) in [4.78, 5) is 28.7. The third-order valence-electron chi connectivity index (χ3n) is 5.54. The molecule has 0 fully saturated rings. The number of hydrogen-bond acceptors (Lipinski definition) is 3. The second-order valence-corrected chi connectivity index (χ2v) is 10.9. The number of benzene rings is 3. The lowest BCUT2D eigenvalue weighted by Crippen LogP contribution is -2.52. The van der Waals surface area contributed by atoms with Gasteiger partial charge in [0.25, 0.3) is 0 Å². The molecule has 2 amide bonds. The van der Waals surface area contributed by atoms with Crippen LogP contribution in [0.3, 0.4) is 0 Å². The normalized spacial score (nSPS) is 11.8. The third-order valence-corrected chi connectivity index (χ3v) is 7.06. The van der Waals surface area contributed by atoms with Crippen molar-refractivity contribution in [2.45, 2.75) is 51.6 Å². The smallest absolute Gasteiger partial charge is 0.243 e. The fourth-order valence-corrected chi connectivity index (χ4v) is 5.00. The standard InChI is InChI=1S/C29H33BrN2O2S/c1-21(2)31-29(34)27(17-23-9-5-4-6-10-23)32(18-25-11-7-8-22(3)16-25)28(33)20-35-19-24-12-14-26(30)15-13-24/h4-16,21,27H,17-20H2,1-3H3,(H,31,34)/t27-/m0/s1. The van der Waals surface area contributed by atoms with Crippen LogP contribution in [-0.2, 0) is 28.3 Å². The van der Waals surface area contributed by atoms with E-state index in [0.717, 1.165) is 32.5 Å². The lowest BCUT2D eigenvalue weighted by molar-refractivity contribution is -0.139. The molecule has 0 radical (unpaired) electrons. The van der Waals surface area contributed by atoms with Gasteiger partial charge in [0.2, 0.25) is 11.8 Å². The van der Waals surface area contributed by atoms with Crippen LogP contribution in [0.25, 0.3) is 0 Å². The summed E-state index contributed by atoms with van der Waals surface area (Å²) in [6, 6.07) is 25.6. The lowest BCUT2D eigenvalue weighted by Gasteiger charge is -2.32. The molecule has 4 nitrogen and oxygen atoms in total. The molecule has 0 aliphatic rings. The molecule has 0 bridgehead atoms. The average Bonchev–Trinajstić information content (AvgIpc) is 2.82. The number of carbonyl (C=O) groups is 2. The van der Waals surface area contributed by atoms with Crippen LogP contribution in [0.5, 0.6) is 0 Å². The van der Waals surface area contributed by atoms with Gasteiger partial charge in [-0.15, -0.1) is 11.8 Å². The summed E-state index contributed by atoms with van der Waals surface area (Å²) in [5, 5.41) is 3.04. The van der Waals surface area contributed by atoms with Crippen LogP contribution < -0.4 is 5.32 Å². The molecule has 6 heteroatoms. The van der Waals surface area contributed by atoms with Crippen molar-refractivity contribution in [1.29, 1.82) is 0 Å². The van der Waals surface area contributed by atoms with E-state index in [4.69, 9.17) is 0 Å². The molecule has 3 rings (SSSR count).